The van der Waals surface area contributed by atoms with Crippen molar-refractivity contribution < 1.29 is 23.8 Å². The molecule has 4 aromatic rings. The first-order valence-corrected chi connectivity index (χ1v) is 9.86. The molecule has 6 heteroatoms. The first kappa shape index (κ1) is 20.2. The first-order chi connectivity index (χ1) is 15.1. The molecule has 0 aliphatic heterocycles. The van der Waals surface area contributed by atoms with Crippen LogP contribution in [0, 0.1) is 0 Å². The molecule has 1 unspecified atom stereocenters. The number of carbonyl (C=O) groups excluding carboxylic acids is 1. The van der Waals surface area contributed by atoms with Gasteiger partial charge in [-0.25, -0.2) is 9.59 Å². The van der Waals surface area contributed by atoms with Crippen LogP contribution in [0.5, 0.6) is 0 Å². The van der Waals surface area contributed by atoms with E-state index in [1.54, 1.807) is 0 Å². The number of benzene rings is 3. The summed E-state index contributed by atoms with van der Waals surface area (Å²) >= 11 is 0. The maximum Gasteiger partial charge on any atom is 0.408 e. The molecule has 1 amide bonds. The molecule has 1 aromatic heterocycles. The van der Waals surface area contributed by atoms with Crippen molar-refractivity contribution in [2.75, 3.05) is 0 Å². The largest absolute Gasteiger partial charge is 0.480 e. The molecule has 0 bridgehead atoms. The van der Waals surface area contributed by atoms with Gasteiger partial charge < -0.3 is 19.6 Å². The summed E-state index contributed by atoms with van der Waals surface area (Å²) in [6.45, 7) is 0.0191. The molecular formula is C25H21NO5. The fourth-order valence-electron chi connectivity index (χ4n) is 3.31. The number of hydrogen-bond acceptors (Lipinski definition) is 4. The number of carbonyl (C=O) groups is 2. The maximum absolute atomic E-state index is 12.2. The van der Waals surface area contributed by atoms with Crippen molar-refractivity contribution in [2.24, 2.45) is 0 Å². The van der Waals surface area contributed by atoms with Crippen molar-refractivity contribution in [1.82, 2.24) is 5.32 Å². The monoisotopic (exact) mass is 415 g/mol. The van der Waals surface area contributed by atoms with Gasteiger partial charge in [0.15, 0.2) is 0 Å². The van der Waals surface area contributed by atoms with E-state index >= 15 is 0 Å². The zero-order valence-electron chi connectivity index (χ0n) is 16.7. The van der Waals surface area contributed by atoms with E-state index < -0.39 is 18.1 Å². The van der Waals surface area contributed by atoms with Gasteiger partial charge in [0.05, 0.1) is 0 Å². The third-order valence-electron chi connectivity index (χ3n) is 4.88. The maximum atomic E-state index is 12.2. The molecule has 0 radical (unpaired) electrons. The number of nitrogens with one attached hydrogen (secondary N) is 1. The smallest absolute Gasteiger partial charge is 0.408 e. The Balaban J connectivity index is 1.38. The Hall–Kier alpha value is -4.06. The minimum absolute atomic E-state index is 0.0191. The molecule has 0 saturated heterocycles. The molecule has 2 N–H and O–H groups in total. The Morgan fingerprint density at radius 2 is 1.61 bits per heavy atom. The summed E-state index contributed by atoms with van der Waals surface area (Å²) in [5.74, 6) is -0.356. The molecule has 6 nitrogen and oxygen atoms in total. The summed E-state index contributed by atoms with van der Waals surface area (Å²) in [5.41, 5.74) is 3.31. The SMILES string of the molecule is O=C(NC(Cc1ccccc1)C(=O)O)OCc1ccc2oc(-c3ccccc3)cc2c1. The quantitative estimate of drug-likeness (QED) is 0.442. The van der Waals surface area contributed by atoms with Crippen molar-refractivity contribution >= 4 is 23.0 Å². The Morgan fingerprint density at radius 3 is 2.32 bits per heavy atom. The van der Waals surface area contributed by atoms with Gasteiger partial charge in [-0.15, -0.1) is 0 Å². The topological polar surface area (TPSA) is 88.8 Å². The molecule has 0 aliphatic rings. The first-order valence-electron chi connectivity index (χ1n) is 9.86. The highest BCUT2D eigenvalue weighted by molar-refractivity contribution is 5.83. The lowest BCUT2D eigenvalue weighted by molar-refractivity contribution is -0.139. The number of rotatable bonds is 7. The van der Waals surface area contributed by atoms with Gasteiger partial charge in [0.25, 0.3) is 0 Å². The second-order valence-corrected chi connectivity index (χ2v) is 7.15. The van der Waals surface area contributed by atoms with Crippen molar-refractivity contribution in [3.63, 3.8) is 0 Å². The number of hydrogen-bond donors (Lipinski definition) is 2. The number of aliphatic carboxylic acids is 1. The molecule has 156 valence electrons. The predicted molar refractivity (Wildman–Crippen MR) is 117 cm³/mol. The highest BCUT2D eigenvalue weighted by atomic mass is 16.5. The van der Waals surface area contributed by atoms with E-state index in [9.17, 15) is 14.7 Å². The molecule has 3 aromatic carbocycles. The molecule has 0 fully saturated rings. The summed E-state index contributed by atoms with van der Waals surface area (Å²) in [6, 6.07) is 25.3. The third-order valence-corrected chi connectivity index (χ3v) is 4.88. The van der Waals surface area contributed by atoms with Gasteiger partial charge in [-0.1, -0.05) is 66.7 Å². The molecule has 31 heavy (non-hydrogen) atoms. The van der Waals surface area contributed by atoms with E-state index in [4.69, 9.17) is 9.15 Å². The average molecular weight is 415 g/mol. The van der Waals surface area contributed by atoms with E-state index in [2.05, 4.69) is 5.32 Å². The molecule has 0 aliphatic carbocycles. The normalized spacial score (nSPS) is 11.7. The average Bonchev–Trinajstić information content (AvgIpc) is 3.22. The van der Waals surface area contributed by atoms with Gasteiger partial charge >= 0.3 is 12.1 Å². The molecule has 1 heterocycles. The number of carboxylic acids is 1. The number of furan rings is 1. The van der Waals surface area contributed by atoms with Crippen LogP contribution in [0.25, 0.3) is 22.3 Å². The summed E-state index contributed by atoms with van der Waals surface area (Å²) < 4.78 is 11.1. The van der Waals surface area contributed by atoms with E-state index in [0.29, 0.717) is 0 Å². The van der Waals surface area contributed by atoms with Crippen molar-refractivity contribution in [2.45, 2.75) is 19.1 Å². The number of fused-ring (bicyclic) bond motifs is 1. The van der Waals surface area contributed by atoms with Crippen molar-refractivity contribution in [3.8, 4) is 11.3 Å². The Bertz CT molecular complexity index is 1180. The van der Waals surface area contributed by atoms with Crippen molar-refractivity contribution in [1.29, 1.82) is 0 Å². The molecule has 4 rings (SSSR count). The Morgan fingerprint density at radius 1 is 0.903 bits per heavy atom. The summed E-state index contributed by atoms with van der Waals surface area (Å²) in [7, 11) is 0. The zero-order chi connectivity index (χ0) is 21.6. The van der Waals surface area contributed by atoms with E-state index in [0.717, 1.165) is 33.4 Å². The lowest BCUT2D eigenvalue weighted by atomic mass is 10.1. The fraction of sp³-hybridized carbons (Fsp3) is 0.120. The molecule has 0 spiro atoms. The number of alkyl carbamates (subject to hydrolysis) is 1. The van der Waals surface area contributed by atoms with Crippen LogP contribution in [0.4, 0.5) is 4.79 Å². The number of amides is 1. The summed E-state index contributed by atoms with van der Waals surface area (Å²) in [4.78, 5) is 23.7. The van der Waals surface area contributed by atoms with Crippen LogP contribution < -0.4 is 5.32 Å². The lowest BCUT2D eigenvalue weighted by Gasteiger charge is -2.14. The predicted octanol–water partition coefficient (Wildman–Crippen LogP) is 5.02. The summed E-state index contributed by atoms with van der Waals surface area (Å²) in [5, 5.41) is 12.7. The molecule has 0 saturated carbocycles. The standard InChI is InChI=1S/C25H21NO5/c27-24(28)21(14-17-7-3-1-4-8-17)26-25(29)30-16-18-11-12-22-20(13-18)15-23(31-22)19-9-5-2-6-10-19/h1-13,15,21H,14,16H2,(H,26,29)(H,27,28). The Kier molecular flexibility index (Phi) is 5.98. The van der Waals surface area contributed by atoms with Gasteiger partial charge in [0.2, 0.25) is 0 Å². The minimum Gasteiger partial charge on any atom is -0.480 e. The third kappa shape index (κ3) is 5.11. The lowest BCUT2D eigenvalue weighted by Crippen LogP contribution is -2.42. The van der Waals surface area contributed by atoms with E-state index in [1.165, 1.54) is 0 Å². The van der Waals surface area contributed by atoms with Crippen LogP contribution in [-0.4, -0.2) is 23.2 Å². The Labute approximate surface area is 179 Å². The van der Waals surface area contributed by atoms with Gasteiger partial charge in [-0.2, -0.15) is 0 Å². The zero-order valence-corrected chi connectivity index (χ0v) is 16.7. The summed E-state index contributed by atoms with van der Waals surface area (Å²) in [6.07, 6.45) is -0.602. The molecular weight excluding hydrogens is 394 g/mol. The highest BCUT2D eigenvalue weighted by Crippen LogP contribution is 2.28. The number of ether oxygens (including phenoxy) is 1. The van der Waals surface area contributed by atoms with Crippen LogP contribution in [0.1, 0.15) is 11.1 Å². The van der Waals surface area contributed by atoms with Crippen LogP contribution in [-0.2, 0) is 22.6 Å². The van der Waals surface area contributed by atoms with Crippen LogP contribution >= 0.6 is 0 Å². The number of carboxylic acid groups (broad SMARTS) is 1. The van der Waals surface area contributed by atoms with Gasteiger partial charge in [-0.3, -0.25) is 0 Å². The highest BCUT2D eigenvalue weighted by Gasteiger charge is 2.21. The second-order valence-electron chi connectivity index (χ2n) is 7.15. The van der Waals surface area contributed by atoms with Gasteiger partial charge in [0, 0.05) is 17.4 Å². The minimum atomic E-state index is -1.12. The fourth-order valence-corrected chi connectivity index (χ4v) is 3.31. The van der Waals surface area contributed by atoms with Gasteiger partial charge in [0.1, 0.15) is 24.0 Å². The molecule has 1 atom stereocenters. The van der Waals surface area contributed by atoms with Crippen LogP contribution in [0.3, 0.4) is 0 Å². The van der Waals surface area contributed by atoms with Crippen LogP contribution in [0.15, 0.2) is 89.3 Å². The van der Waals surface area contributed by atoms with Gasteiger partial charge in [-0.05, 0) is 29.3 Å². The second kappa shape index (κ2) is 9.17. The van der Waals surface area contributed by atoms with E-state index in [1.807, 2.05) is 84.9 Å². The van der Waals surface area contributed by atoms with E-state index in [-0.39, 0.29) is 13.0 Å². The van der Waals surface area contributed by atoms with Crippen molar-refractivity contribution in [3.05, 3.63) is 96.1 Å². The van der Waals surface area contributed by atoms with Crippen LogP contribution in [0.2, 0.25) is 0 Å².